The summed E-state index contributed by atoms with van der Waals surface area (Å²) in [6.45, 7) is 0. The molecule has 0 bridgehead atoms. The van der Waals surface area contributed by atoms with Crippen molar-refractivity contribution in [1.29, 1.82) is 0 Å². The normalized spacial score (nSPS) is 10.0. The molecule has 0 saturated carbocycles. The highest BCUT2D eigenvalue weighted by molar-refractivity contribution is 5.92. The van der Waals surface area contributed by atoms with Crippen LogP contribution in [-0.2, 0) is 4.79 Å². The Bertz CT molecular complexity index is 408. The fraction of sp³-hybridized carbons (Fsp3) is 0. The van der Waals surface area contributed by atoms with Crippen molar-refractivity contribution in [3.8, 4) is 0 Å². The number of amides is 1. The summed E-state index contributed by atoms with van der Waals surface area (Å²) in [7, 11) is 0. The Morgan fingerprint density at radius 2 is 2.25 bits per heavy atom. The molecule has 4 nitrogen and oxygen atoms in total. The lowest BCUT2D eigenvalue weighted by atomic mass is 10.2. The van der Waals surface area contributed by atoms with Crippen molar-refractivity contribution in [1.82, 2.24) is 5.16 Å². The number of nitrogens with one attached hydrogen (secondary N) is 1. The third-order valence-corrected chi connectivity index (χ3v) is 1.57. The Hall–Kier alpha value is -1.84. The average molecular weight is 162 g/mol. The molecule has 1 N–H and O–H groups in total. The molecule has 2 rings (SSSR count). The van der Waals surface area contributed by atoms with Gasteiger partial charge in [0.25, 0.3) is 0 Å². The van der Waals surface area contributed by atoms with Gasteiger partial charge < -0.3 is 9.84 Å². The third kappa shape index (κ3) is 0.934. The lowest BCUT2D eigenvalue weighted by Crippen LogP contribution is -1.93. The predicted molar refractivity (Wildman–Crippen MR) is 43.7 cm³/mol. The number of benzene rings is 1. The molecule has 0 unspecified atom stereocenters. The van der Waals surface area contributed by atoms with E-state index in [1.807, 2.05) is 18.2 Å². The van der Waals surface area contributed by atoms with Gasteiger partial charge in [0.2, 0.25) is 6.41 Å². The summed E-state index contributed by atoms with van der Waals surface area (Å²) in [5.41, 5.74) is 0.668. The molecule has 12 heavy (non-hydrogen) atoms. The van der Waals surface area contributed by atoms with Gasteiger partial charge in [-0.2, -0.15) is 0 Å². The lowest BCUT2D eigenvalue weighted by molar-refractivity contribution is -0.105. The summed E-state index contributed by atoms with van der Waals surface area (Å²) >= 11 is 0. The maximum Gasteiger partial charge on any atom is 0.212 e. The van der Waals surface area contributed by atoms with Gasteiger partial charge in [0.05, 0.1) is 5.39 Å². The number of para-hydroxylation sites is 1. The fourth-order valence-corrected chi connectivity index (χ4v) is 1.05. The number of nitrogens with zero attached hydrogens (tertiary/aromatic N) is 1. The summed E-state index contributed by atoms with van der Waals surface area (Å²) in [5.74, 6) is 0.459. The third-order valence-electron chi connectivity index (χ3n) is 1.57. The first kappa shape index (κ1) is 6.84. The highest BCUT2D eigenvalue weighted by Gasteiger charge is 2.04. The van der Waals surface area contributed by atoms with Gasteiger partial charge in [-0.15, -0.1) is 0 Å². The van der Waals surface area contributed by atoms with Gasteiger partial charge in [-0.1, -0.05) is 17.3 Å². The Kier molecular flexibility index (Phi) is 1.51. The van der Waals surface area contributed by atoms with Crippen molar-refractivity contribution < 1.29 is 9.32 Å². The first-order valence-corrected chi connectivity index (χ1v) is 3.46. The summed E-state index contributed by atoms with van der Waals surface area (Å²) in [4.78, 5) is 10.1. The van der Waals surface area contributed by atoms with Crippen LogP contribution in [0.5, 0.6) is 0 Å². The van der Waals surface area contributed by atoms with Crippen LogP contribution in [0.1, 0.15) is 0 Å². The van der Waals surface area contributed by atoms with Crippen molar-refractivity contribution >= 4 is 23.2 Å². The molecular formula is C8H6N2O2. The lowest BCUT2D eigenvalue weighted by Gasteiger charge is -1.88. The largest absolute Gasteiger partial charge is 0.354 e. The van der Waals surface area contributed by atoms with Crippen LogP contribution >= 0.6 is 0 Å². The standard InChI is InChI=1S/C8H6N2O2/c11-5-9-8-6-3-1-2-4-7(6)12-10-8/h1-5H,(H,9,10,11). The van der Waals surface area contributed by atoms with Crippen LogP contribution in [0.2, 0.25) is 0 Å². The number of anilines is 1. The molecule has 1 amide bonds. The zero-order chi connectivity index (χ0) is 8.39. The van der Waals surface area contributed by atoms with Gasteiger partial charge in [-0.3, -0.25) is 4.79 Å². The van der Waals surface area contributed by atoms with E-state index in [0.29, 0.717) is 17.8 Å². The topological polar surface area (TPSA) is 55.1 Å². The maximum absolute atomic E-state index is 10.1. The van der Waals surface area contributed by atoms with Gasteiger partial charge in [0, 0.05) is 0 Å². The van der Waals surface area contributed by atoms with E-state index in [2.05, 4.69) is 10.5 Å². The van der Waals surface area contributed by atoms with Crippen molar-refractivity contribution in [2.45, 2.75) is 0 Å². The van der Waals surface area contributed by atoms with Crippen LogP contribution in [0, 0.1) is 0 Å². The molecule has 60 valence electrons. The van der Waals surface area contributed by atoms with E-state index in [1.54, 1.807) is 6.07 Å². The second-order valence-corrected chi connectivity index (χ2v) is 2.29. The molecule has 2 aromatic rings. The zero-order valence-electron chi connectivity index (χ0n) is 6.15. The Morgan fingerprint density at radius 3 is 3.08 bits per heavy atom. The molecule has 0 fully saturated rings. The van der Waals surface area contributed by atoms with Crippen molar-refractivity contribution in [3.63, 3.8) is 0 Å². The SMILES string of the molecule is O=CNc1noc2ccccc12. The highest BCUT2D eigenvalue weighted by Crippen LogP contribution is 2.20. The van der Waals surface area contributed by atoms with Crippen LogP contribution in [0.4, 0.5) is 5.82 Å². The van der Waals surface area contributed by atoms with E-state index in [4.69, 9.17) is 4.52 Å². The Labute approximate surface area is 68.2 Å². The number of hydrogen-bond acceptors (Lipinski definition) is 3. The van der Waals surface area contributed by atoms with Crippen molar-refractivity contribution in [2.75, 3.05) is 5.32 Å². The van der Waals surface area contributed by atoms with Crippen LogP contribution in [0.15, 0.2) is 28.8 Å². The molecule has 1 heterocycles. The summed E-state index contributed by atoms with van der Waals surface area (Å²) in [6.07, 6.45) is 0.574. The molecule has 4 heteroatoms. The zero-order valence-corrected chi connectivity index (χ0v) is 6.15. The van der Waals surface area contributed by atoms with Gasteiger partial charge in [-0.05, 0) is 12.1 Å². The Balaban J connectivity index is 2.62. The van der Waals surface area contributed by atoms with Gasteiger partial charge in [0.15, 0.2) is 11.4 Å². The maximum atomic E-state index is 10.1. The number of rotatable bonds is 2. The van der Waals surface area contributed by atoms with Gasteiger partial charge >= 0.3 is 0 Å². The molecule has 0 radical (unpaired) electrons. The van der Waals surface area contributed by atoms with Crippen molar-refractivity contribution in [3.05, 3.63) is 24.3 Å². The molecule has 0 aliphatic carbocycles. The van der Waals surface area contributed by atoms with Crippen LogP contribution in [-0.4, -0.2) is 11.6 Å². The van der Waals surface area contributed by atoms with Gasteiger partial charge in [-0.25, -0.2) is 0 Å². The molecule has 1 aromatic heterocycles. The number of fused-ring (bicyclic) bond motifs is 1. The molecule has 0 spiro atoms. The van der Waals surface area contributed by atoms with E-state index in [0.717, 1.165) is 5.39 Å². The van der Waals surface area contributed by atoms with E-state index in [1.165, 1.54) is 0 Å². The molecule has 0 atom stereocenters. The predicted octanol–water partition coefficient (Wildman–Crippen LogP) is 1.40. The van der Waals surface area contributed by atoms with E-state index in [9.17, 15) is 4.79 Å². The quantitative estimate of drug-likeness (QED) is 0.679. The Morgan fingerprint density at radius 1 is 1.42 bits per heavy atom. The second kappa shape index (κ2) is 2.65. The number of carbonyl (C=O) groups is 1. The van der Waals surface area contributed by atoms with E-state index >= 15 is 0 Å². The summed E-state index contributed by atoms with van der Waals surface area (Å²) in [6, 6.07) is 7.32. The second-order valence-electron chi connectivity index (χ2n) is 2.29. The van der Waals surface area contributed by atoms with Crippen LogP contribution < -0.4 is 5.32 Å². The molecule has 0 aliphatic rings. The minimum Gasteiger partial charge on any atom is -0.354 e. The average Bonchev–Trinajstić information content (AvgIpc) is 2.50. The molecule has 1 aromatic carbocycles. The van der Waals surface area contributed by atoms with Crippen LogP contribution in [0.25, 0.3) is 11.0 Å². The number of hydrogen-bond donors (Lipinski definition) is 1. The highest BCUT2D eigenvalue weighted by atomic mass is 16.5. The fourth-order valence-electron chi connectivity index (χ4n) is 1.05. The van der Waals surface area contributed by atoms with E-state index in [-0.39, 0.29) is 0 Å². The minimum absolute atomic E-state index is 0.459. The summed E-state index contributed by atoms with van der Waals surface area (Å²) in [5, 5.41) is 6.92. The minimum atomic E-state index is 0.459. The number of aromatic nitrogens is 1. The molecular weight excluding hydrogens is 156 g/mol. The first-order chi connectivity index (χ1) is 5.92. The van der Waals surface area contributed by atoms with E-state index < -0.39 is 0 Å². The molecule has 0 aliphatic heterocycles. The van der Waals surface area contributed by atoms with Crippen LogP contribution in [0.3, 0.4) is 0 Å². The number of carbonyl (C=O) groups excluding carboxylic acids is 1. The molecule has 0 saturated heterocycles. The first-order valence-electron chi connectivity index (χ1n) is 3.46. The summed E-state index contributed by atoms with van der Waals surface area (Å²) < 4.78 is 4.93. The van der Waals surface area contributed by atoms with Gasteiger partial charge in [0.1, 0.15) is 0 Å². The van der Waals surface area contributed by atoms with Crippen molar-refractivity contribution in [2.24, 2.45) is 0 Å². The smallest absolute Gasteiger partial charge is 0.212 e. The monoisotopic (exact) mass is 162 g/mol.